The van der Waals surface area contributed by atoms with Crippen molar-refractivity contribution >= 4 is 22.7 Å². The lowest BCUT2D eigenvalue weighted by atomic mass is 10.2. The van der Waals surface area contributed by atoms with Crippen molar-refractivity contribution in [2.45, 2.75) is 5.03 Å². The average molecular weight is 297 g/mol. The number of rotatable bonds is 3. The molecule has 4 heteroatoms. The third-order valence-electron chi connectivity index (χ3n) is 3.55. The summed E-state index contributed by atoms with van der Waals surface area (Å²) in [7, 11) is 3.74. The lowest BCUT2D eigenvalue weighted by molar-refractivity contribution is -0.636. The van der Waals surface area contributed by atoms with Gasteiger partial charge in [0.15, 0.2) is 0 Å². The van der Waals surface area contributed by atoms with Gasteiger partial charge in [0.05, 0.1) is 25.1 Å². The molecule has 0 spiro atoms. The maximum absolute atomic E-state index is 5.33. The molecule has 0 fully saturated rings. The minimum Gasteiger partial charge on any atom is -0.497 e. The summed E-state index contributed by atoms with van der Waals surface area (Å²) in [5, 5.41) is 2.13. The van der Waals surface area contributed by atoms with Crippen molar-refractivity contribution in [3.05, 3.63) is 48.5 Å². The van der Waals surface area contributed by atoms with E-state index in [1.807, 2.05) is 37.4 Å². The molecule has 106 valence electrons. The summed E-state index contributed by atoms with van der Waals surface area (Å²) < 4.78 is 7.46. The van der Waals surface area contributed by atoms with Crippen molar-refractivity contribution in [2.75, 3.05) is 13.4 Å². The van der Waals surface area contributed by atoms with Gasteiger partial charge in [0, 0.05) is 0 Å². The first-order valence-electron chi connectivity index (χ1n) is 6.72. The number of aryl methyl sites for hydroxylation is 1. The van der Waals surface area contributed by atoms with Gasteiger partial charge in [0.2, 0.25) is 5.03 Å². The summed E-state index contributed by atoms with van der Waals surface area (Å²) in [6.45, 7) is 0. The Labute approximate surface area is 128 Å². The molecule has 3 nitrogen and oxygen atoms in total. The normalized spacial score (nSPS) is 10.8. The van der Waals surface area contributed by atoms with E-state index in [4.69, 9.17) is 9.72 Å². The van der Waals surface area contributed by atoms with Crippen molar-refractivity contribution in [3.8, 4) is 17.1 Å². The highest BCUT2D eigenvalue weighted by atomic mass is 32.2. The van der Waals surface area contributed by atoms with Gasteiger partial charge >= 0.3 is 5.82 Å². The van der Waals surface area contributed by atoms with Gasteiger partial charge in [-0.3, -0.25) is 0 Å². The number of fused-ring (bicyclic) bond motifs is 1. The second kappa shape index (κ2) is 5.74. The van der Waals surface area contributed by atoms with Crippen LogP contribution in [-0.2, 0) is 7.05 Å². The Morgan fingerprint density at radius 2 is 1.86 bits per heavy atom. The molecule has 2 aromatic carbocycles. The van der Waals surface area contributed by atoms with Crippen LogP contribution in [0.2, 0.25) is 0 Å². The van der Waals surface area contributed by atoms with E-state index >= 15 is 0 Å². The molecule has 0 saturated heterocycles. The Kier molecular flexibility index (Phi) is 3.80. The molecule has 0 amide bonds. The predicted molar refractivity (Wildman–Crippen MR) is 86.7 cm³/mol. The van der Waals surface area contributed by atoms with Gasteiger partial charge in [-0.25, -0.2) is 4.57 Å². The Bertz CT molecular complexity index is 788. The Morgan fingerprint density at radius 1 is 1.10 bits per heavy atom. The fourth-order valence-electron chi connectivity index (χ4n) is 2.45. The van der Waals surface area contributed by atoms with Crippen LogP contribution in [-0.4, -0.2) is 18.3 Å². The van der Waals surface area contributed by atoms with E-state index in [2.05, 4.69) is 29.0 Å². The molecule has 0 atom stereocenters. The van der Waals surface area contributed by atoms with Crippen LogP contribution in [0.15, 0.2) is 53.6 Å². The quantitative estimate of drug-likeness (QED) is 0.421. The van der Waals surface area contributed by atoms with E-state index in [1.54, 1.807) is 18.9 Å². The number of hydrogen-bond acceptors (Lipinski definition) is 3. The summed E-state index contributed by atoms with van der Waals surface area (Å²) in [5.41, 5.74) is 2.27. The zero-order valence-electron chi connectivity index (χ0n) is 12.3. The highest BCUT2D eigenvalue weighted by Gasteiger charge is 2.20. The van der Waals surface area contributed by atoms with Crippen LogP contribution in [0.1, 0.15) is 0 Å². The van der Waals surface area contributed by atoms with Gasteiger partial charge < -0.3 is 4.74 Å². The van der Waals surface area contributed by atoms with Crippen molar-refractivity contribution < 1.29 is 9.30 Å². The van der Waals surface area contributed by atoms with E-state index < -0.39 is 0 Å². The number of nitrogens with zero attached hydrogens (tertiary/aromatic N) is 2. The molecule has 1 aromatic heterocycles. The molecule has 0 bridgehead atoms. The maximum atomic E-state index is 5.33. The van der Waals surface area contributed by atoms with Crippen molar-refractivity contribution in [1.82, 2.24) is 4.98 Å². The molecule has 0 saturated carbocycles. The molecule has 0 N–H and O–H groups in total. The first-order chi connectivity index (χ1) is 10.2. The third kappa shape index (κ3) is 2.47. The van der Waals surface area contributed by atoms with Crippen LogP contribution in [0.3, 0.4) is 0 Å². The third-order valence-corrected chi connectivity index (χ3v) is 4.24. The molecule has 0 unspecified atom stereocenters. The summed E-state index contributed by atoms with van der Waals surface area (Å²) >= 11 is 1.66. The van der Waals surface area contributed by atoms with Gasteiger partial charge in [0.1, 0.15) is 11.3 Å². The van der Waals surface area contributed by atoms with E-state index in [-0.39, 0.29) is 0 Å². The molecule has 3 rings (SSSR count). The predicted octanol–water partition coefficient (Wildman–Crippen LogP) is 3.46. The molecule has 0 radical (unpaired) electrons. The molecule has 21 heavy (non-hydrogen) atoms. The van der Waals surface area contributed by atoms with Crippen molar-refractivity contribution in [1.29, 1.82) is 0 Å². The average Bonchev–Trinajstić information content (AvgIpc) is 2.55. The van der Waals surface area contributed by atoms with Crippen LogP contribution in [0.5, 0.6) is 5.75 Å². The maximum Gasteiger partial charge on any atom is 0.331 e. The topological polar surface area (TPSA) is 26.0 Å². The number of thioether (sulfide) groups is 1. The number of hydrogen-bond donors (Lipinski definition) is 0. The van der Waals surface area contributed by atoms with Gasteiger partial charge in [-0.05, 0) is 41.6 Å². The molecule has 0 aliphatic rings. The van der Waals surface area contributed by atoms with Gasteiger partial charge in [0.25, 0.3) is 0 Å². The number of ether oxygens (including phenoxy) is 1. The van der Waals surface area contributed by atoms with Crippen LogP contribution in [0, 0.1) is 0 Å². The number of aromatic nitrogens is 2. The Morgan fingerprint density at radius 3 is 2.52 bits per heavy atom. The zero-order valence-corrected chi connectivity index (χ0v) is 13.1. The van der Waals surface area contributed by atoms with E-state index in [0.29, 0.717) is 0 Å². The lowest BCUT2D eigenvalue weighted by Gasteiger charge is -2.07. The first kappa shape index (κ1) is 13.9. The standard InChI is InChI=1S/C17H17N2OS/c1-19-15-10-9-13(20-2)11-14(15)17(21-3)18-16(19)12-7-5-4-6-8-12/h4-11H,1-3H3/q+1. The summed E-state index contributed by atoms with van der Waals surface area (Å²) in [6.07, 6.45) is 2.05. The lowest BCUT2D eigenvalue weighted by Crippen LogP contribution is -2.33. The molecule has 0 aliphatic carbocycles. The Hall–Kier alpha value is -2.07. The fraction of sp³-hybridized carbons (Fsp3) is 0.176. The van der Waals surface area contributed by atoms with Gasteiger partial charge in [-0.15, -0.1) is 0 Å². The highest BCUT2D eigenvalue weighted by Crippen LogP contribution is 2.28. The summed E-state index contributed by atoms with van der Waals surface area (Å²) in [4.78, 5) is 4.83. The fourth-order valence-corrected chi connectivity index (χ4v) is 3.01. The Balaban J connectivity index is 2.32. The minimum absolute atomic E-state index is 0.854. The van der Waals surface area contributed by atoms with Crippen molar-refractivity contribution in [3.63, 3.8) is 0 Å². The van der Waals surface area contributed by atoms with Crippen LogP contribution in [0.25, 0.3) is 22.3 Å². The van der Waals surface area contributed by atoms with Crippen molar-refractivity contribution in [2.24, 2.45) is 7.05 Å². The van der Waals surface area contributed by atoms with E-state index in [9.17, 15) is 0 Å². The van der Waals surface area contributed by atoms with E-state index in [1.165, 1.54) is 0 Å². The molecular weight excluding hydrogens is 280 g/mol. The molecule has 3 aromatic rings. The summed E-state index contributed by atoms with van der Waals surface area (Å²) in [5.74, 6) is 1.82. The highest BCUT2D eigenvalue weighted by molar-refractivity contribution is 7.98. The second-order valence-electron chi connectivity index (χ2n) is 4.75. The van der Waals surface area contributed by atoms with E-state index in [0.717, 1.165) is 33.1 Å². The molecular formula is C17H17N2OS+. The largest absolute Gasteiger partial charge is 0.497 e. The van der Waals surface area contributed by atoms with Crippen LogP contribution < -0.4 is 9.30 Å². The number of methoxy groups -OCH3 is 1. The SMILES string of the molecule is COc1ccc2c(c1)c(SC)nc(-c1ccccc1)[n+]2C. The van der Waals surface area contributed by atoms with Gasteiger partial charge in [-0.2, -0.15) is 0 Å². The molecule has 0 aliphatic heterocycles. The molecule has 1 heterocycles. The smallest absolute Gasteiger partial charge is 0.331 e. The summed E-state index contributed by atoms with van der Waals surface area (Å²) in [6, 6.07) is 16.4. The van der Waals surface area contributed by atoms with Gasteiger partial charge in [-0.1, -0.05) is 30.0 Å². The minimum atomic E-state index is 0.854. The second-order valence-corrected chi connectivity index (χ2v) is 5.55. The first-order valence-corrected chi connectivity index (χ1v) is 7.94. The van der Waals surface area contributed by atoms with Crippen LogP contribution in [0.4, 0.5) is 0 Å². The number of benzene rings is 2. The zero-order chi connectivity index (χ0) is 14.8. The van der Waals surface area contributed by atoms with Crippen LogP contribution >= 0.6 is 11.8 Å². The monoisotopic (exact) mass is 297 g/mol.